The number of rotatable bonds is 7. The van der Waals surface area contributed by atoms with Gasteiger partial charge in [0.05, 0.1) is 24.0 Å². The summed E-state index contributed by atoms with van der Waals surface area (Å²) in [7, 11) is 4.08. The maximum absolute atomic E-state index is 13.5. The average Bonchev–Trinajstić information content (AvgIpc) is 3.39. The molecule has 1 aliphatic carbocycles. The highest BCUT2D eigenvalue weighted by Crippen LogP contribution is 2.41. The van der Waals surface area contributed by atoms with Crippen molar-refractivity contribution in [1.82, 2.24) is 29.6 Å². The number of benzene rings is 1. The molecule has 152 valence electrons. The molecule has 0 fully saturated rings. The molecule has 0 unspecified atom stereocenters. The zero-order chi connectivity index (χ0) is 20.7. The lowest BCUT2D eigenvalue weighted by atomic mass is 9.87. The van der Waals surface area contributed by atoms with Gasteiger partial charge in [0.15, 0.2) is 5.78 Å². The minimum atomic E-state index is 0.0155. The zero-order valence-electron chi connectivity index (χ0n) is 17.0. The fourth-order valence-corrected chi connectivity index (χ4v) is 3.98. The number of anilines is 1. The number of fused-ring (bicyclic) bond motifs is 2. The minimum Gasteiger partial charge on any atom is -0.384 e. The molecule has 3 heterocycles. The SMILES string of the molecule is CN(C)CCn1nc2c3c(c(NCCc4cnc[nH]4)ccc31)C(=O)c1ccncc1-2. The highest BCUT2D eigenvalue weighted by atomic mass is 16.1. The van der Waals surface area contributed by atoms with Crippen LogP contribution in [0.3, 0.4) is 0 Å². The summed E-state index contributed by atoms with van der Waals surface area (Å²) < 4.78 is 2.00. The summed E-state index contributed by atoms with van der Waals surface area (Å²) in [6, 6.07) is 5.83. The maximum Gasteiger partial charge on any atom is 0.196 e. The smallest absolute Gasteiger partial charge is 0.196 e. The van der Waals surface area contributed by atoms with E-state index in [2.05, 4.69) is 31.2 Å². The van der Waals surface area contributed by atoms with Crippen LogP contribution >= 0.6 is 0 Å². The molecule has 0 saturated carbocycles. The third kappa shape index (κ3) is 3.05. The monoisotopic (exact) mass is 401 g/mol. The van der Waals surface area contributed by atoms with E-state index in [0.29, 0.717) is 17.7 Å². The van der Waals surface area contributed by atoms with Gasteiger partial charge in [0.2, 0.25) is 0 Å². The molecule has 8 nitrogen and oxygen atoms in total. The molecule has 0 bridgehead atoms. The molecule has 2 N–H and O–H groups in total. The number of hydrogen-bond donors (Lipinski definition) is 2. The van der Waals surface area contributed by atoms with Gasteiger partial charge in [0.25, 0.3) is 0 Å². The normalized spacial score (nSPS) is 12.6. The van der Waals surface area contributed by atoms with Crippen LogP contribution in [-0.4, -0.2) is 62.6 Å². The summed E-state index contributed by atoms with van der Waals surface area (Å²) in [5.41, 5.74) is 5.85. The first kappa shape index (κ1) is 18.5. The summed E-state index contributed by atoms with van der Waals surface area (Å²) >= 11 is 0. The van der Waals surface area contributed by atoms with Crippen LogP contribution in [0.25, 0.3) is 22.2 Å². The van der Waals surface area contributed by atoms with E-state index in [4.69, 9.17) is 5.10 Å². The quantitative estimate of drug-likeness (QED) is 0.436. The number of likely N-dealkylation sites (N-methyl/N-ethyl adjacent to an activating group) is 1. The molecule has 0 spiro atoms. The molecule has 5 rings (SSSR count). The third-order valence-electron chi connectivity index (χ3n) is 5.49. The van der Waals surface area contributed by atoms with E-state index in [1.54, 1.807) is 24.8 Å². The molecule has 1 aliphatic rings. The Hall–Kier alpha value is -3.52. The lowest BCUT2D eigenvalue weighted by molar-refractivity contribution is 0.104. The third-order valence-corrected chi connectivity index (χ3v) is 5.49. The van der Waals surface area contributed by atoms with Crippen molar-refractivity contribution in [3.63, 3.8) is 0 Å². The largest absolute Gasteiger partial charge is 0.384 e. The molecule has 0 atom stereocenters. The van der Waals surface area contributed by atoms with Gasteiger partial charge in [-0.2, -0.15) is 5.10 Å². The van der Waals surface area contributed by atoms with E-state index in [-0.39, 0.29) is 5.78 Å². The summed E-state index contributed by atoms with van der Waals surface area (Å²) in [4.78, 5) is 27.0. The van der Waals surface area contributed by atoms with Crippen molar-refractivity contribution in [3.05, 3.63) is 59.9 Å². The van der Waals surface area contributed by atoms with Gasteiger partial charge in [-0.05, 0) is 32.3 Å². The predicted octanol–water partition coefficient (Wildman–Crippen LogP) is 2.58. The van der Waals surface area contributed by atoms with Crippen LogP contribution in [0.5, 0.6) is 0 Å². The van der Waals surface area contributed by atoms with Gasteiger partial charge in [0, 0.05) is 66.0 Å². The molecule has 3 aromatic heterocycles. The highest BCUT2D eigenvalue weighted by molar-refractivity contribution is 6.27. The second-order valence-corrected chi connectivity index (χ2v) is 7.76. The molecule has 0 aliphatic heterocycles. The number of nitrogens with zero attached hydrogens (tertiary/aromatic N) is 5. The van der Waals surface area contributed by atoms with Crippen molar-refractivity contribution in [2.24, 2.45) is 0 Å². The Labute approximate surface area is 174 Å². The van der Waals surface area contributed by atoms with Gasteiger partial charge in [0.1, 0.15) is 5.69 Å². The van der Waals surface area contributed by atoms with Crippen LogP contribution in [-0.2, 0) is 13.0 Å². The molecule has 4 aromatic rings. The van der Waals surface area contributed by atoms with Crippen molar-refractivity contribution >= 4 is 22.4 Å². The number of carbonyl (C=O) groups excluding carboxylic acids is 1. The second-order valence-electron chi connectivity index (χ2n) is 7.76. The van der Waals surface area contributed by atoms with Crippen LogP contribution in [0.4, 0.5) is 5.69 Å². The first-order chi connectivity index (χ1) is 14.6. The minimum absolute atomic E-state index is 0.0155. The number of nitrogens with one attached hydrogen (secondary N) is 2. The lowest BCUT2D eigenvalue weighted by Crippen LogP contribution is -2.19. The predicted molar refractivity (Wildman–Crippen MR) is 116 cm³/mol. The lowest BCUT2D eigenvalue weighted by Gasteiger charge is -2.18. The van der Waals surface area contributed by atoms with Crippen LogP contribution in [0.15, 0.2) is 43.1 Å². The van der Waals surface area contributed by atoms with Crippen LogP contribution < -0.4 is 5.32 Å². The van der Waals surface area contributed by atoms with Crippen LogP contribution in [0.2, 0.25) is 0 Å². The van der Waals surface area contributed by atoms with Crippen molar-refractivity contribution in [2.75, 3.05) is 32.5 Å². The number of aromatic amines is 1. The van der Waals surface area contributed by atoms with Crippen molar-refractivity contribution < 1.29 is 4.79 Å². The molecule has 0 radical (unpaired) electrons. The zero-order valence-corrected chi connectivity index (χ0v) is 17.0. The Balaban J connectivity index is 1.59. The Kier molecular flexibility index (Phi) is 4.55. The van der Waals surface area contributed by atoms with E-state index in [1.807, 2.05) is 31.0 Å². The number of ketones is 1. The van der Waals surface area contributed by atoms with E-state index < -0.39 is 0 Å². The van der Waals surface area contributed by atoms with E-state index >= 15 is 0 Å². The Bertz CT molecular complexity index is 1220. The number of carbonyl (C=O) groups is 1. The Morgan fingerprint density at radius 1 is 1.13 bits per heavy atom. The fraction of sp³-hybridized carbons (Fsp3) is 0.273. The number of H-pyrrole nitrogens is 1. The molecule has 1 aromatic carbocycles. The van der Waals surface area contributed by atoms with E-state index in [1.165, 1.54) is 0 Å². The van der Waals surface area contributed by atoms with Gasteiger partial charge < -0.3 is 15.2 Å². The topological polar surface area (TPSA) is 91.7 Å². The average molecular weight is 401 g/mol. The van der Waals surface area contributed by atoms with Crippen LogP contribution in [0, 0.1) is 0 Å². The molecular weight excluding hydrogens is 378 g/mol. The number of pyridine rings is 1. The van der Waals surface area contributed by atoms with Crippen molar-refractivity contribution in [2.45, 2.75) is 13.0 Å². The highest BCUT2D eigenvalue weighted by Gasteiger charge is 2.31. The maximum atomic E-state index is 13.5. The standard InChI is InChI=1S/C22H23N7O/c1-28(2)9-10-29-18-4-3-17(25-8-5-14-11-24-13-26-14)19-20(18)21(27-29)16-12-23-7-6-15(16)22(19)30/h3-4,6-7,11-13,25H,5,8-10H2,1-2H3,(H,24,26). The first-order valence-corrected chi connectivity index (χ1v) is 10.0. The van der Waals surface area contributed by atoms with Gasteiger partial charge in [-0.15, -0.1) is 0 Å². The summed E-state index contributed by atoms with van der Waals surface area (Å²) in [6.07, 6.45) is 7.69. The van der Waals surface area contributed by atoms with E-state index in [9.17, 15) is 4.79 Å². The van der Waals surface area contributed by atoms with Gasteiger partial charge in [-0.1, -0.05) is 0 Å². The number of imidazole rings is 1. The molecule has 0 saturated heterocycles. The van der Waals surface area contributed by atoms with Gasteiger partial charge in [-0.25, -0.2) is 4.98 Å². The first-order valence-electron chi connectivity index (χ1n) is 10.0. The van der Waals surface area contributed by atoms with Gasteiger partial charge in [-0.3, -0.25) is 14.5 Å². The van der Waals surface area contributed by atoms with Crippen molar-refractivity contribution in [3.8, 4) is 11.3 Å². The molecule has 8 heteroatoms. The second kappa shape index (κ2) is 7.38. The summed E-state index contributed by atoms with van der Waals surface area (Å²) in [5.74, 6) is 0.0155. The molecular formula is C22H23N7O. The van der Waals surface area contributed by atoms with E-state index in [0.717, 1.165) is 53.1 Å². The number of hydrogen-bond acceptors (Lipinski definition) is 6. The Morgan fingerprint density at radius 3 is 2.83 bits per heavy atom. The molecule has 30 heavy (non-hydrogen) atoms. The Morgan fingerprint density at radius 2 is 2.03 bits per heavy atom. The fourth-order valence-electron chi connectivity index (χ4n) is 3.98. The number of aromatic nitrogens is 5. The van der Waals surface area contributed by atoms with Crippen LogP contribution in [0.1, 0.15) is 21.6 Å². The summed E-state index contributed by atoms with van der Waals surface area (Å²) in [5, 5.41) is 9.24. The molecule has 0 amide bonds. The summed E-state index contributed by atoms with van der Waals surface area (Å²) in [6.45, 7) is 2.31. The van der Waals surface area contributed by atoms with Gasteiger partial charge >= 0.3 is 0 Å². The van der Waals surface area contributed by atoms with Crippen molar-refractivity contribution in [1.29, 1.82) is 0 Å².